The molecule has 0 aromatic carbocycles. The summed E-state index contributed by atoms with van der Waals surface area (Å²) < 4.78 is 0. The predicted molar refractivity (Wildman–Crippen MR) is 52.8 cm³/mol. The molecule has 1 saturated heterocycles. The summed E-state index contributed by atoms with van der Waals surface area (Å²) in [4.78, 5) is 23.5. The maximum Gasteiger partial charge on any atom is 0.352 e. The van der Waals surface area contributed by atoms with Crippen molar-refractivity contribution in [1.82, 2.24) is 4.90 Å². The molecule has 0 aromatic rings. The van der Waals surface area contributed by atoms with Crippen LogP contribution in [0, 0.1) is 44.1 Å². The Hall–Kier alpha value is 0.392. The summed E-state index contributed by atoms with van der Waals surface area (Å²) in [5.41, 5.74) is 5.80. The Balaban J connectivity index is 0.00000128. The number of thioether (sulfide) groups is 1. The number of β-lactam (4-membered cyclic amide) rings is 1. The molecule has 2 aliphatic rings. The zero-order chi connectivity index (χ0) is 11.2. The van der Waals surface area contributed by atoms with Crippen LogP contribution in [0.25, 0.3) is 0 Å². The molecule has 2 heterocycles. The molecule has 0 aromatic heterocycles. The minimum atomic E-state index is -1.19. The molecule has 2 atom stereocenters. The van der Waals surface area contributed by atoms with Crippen LogP contribution >= 0.6 is 11.8 Å². The minimum Gasteiger partial charge on any atom is -0.477 e. The molecule has 85 valence electrons. The van der Waals surface area contributed by atoms with Crippen LogP contribution in [0.4, 0.5) is 0 Å². The first-order valence-corrected chi connectivity index (χ1v) is 5.39. The smallest absolute Gasteiger partial charge is 0.352 e. The Morgan fingerprint density at radius 1 is 1.62 bits per heavy atom. The fourth-order valence-corrected chi connectivity index (χ4v) is 2.98. The molecule has 2 unspecified atom stereocenters. The van der Waals surface area contributed by atoms with Crippen LogP contribution in [0.15, 0.2) is 11.3 Å². The van der Waals surface area contributed by atoms with Crippen molar-refractivity contribution in [3.8, 4) is 0 Å². The molecule has 1 radical (unpaired) electrons. The van der Waals surface area contributed by atoms with Crippen molar-refractivity contribution in [2.24, 2.45) is 5.73 Å². The van der Waals surface area contributed by atoms with E-state index in [-0.39, 0.29) is 61.7 Å². The molecule has 0 bridgehead atoms. The fraction of sp³-hybridized carbons (Fsp3) is 0.500. The molecule has 0 aliphatic carbocycles. The van der Waals surface area contributed by atoms with E-state index in [1.54, 1.807) is 0 Å². The first-order chi connectivity index (χ1) is 7.07. The van der Waals surface area contributed by atoms with Gasteiger partial charge in [-0.2, -0.15) is 0 Å². The van der Waals surface area contributed by atoms with Crippen molar-refractivity contribution < 1.29 is 63.9 Å². The average molecular weight is 457 g/mol. The number of carbonyl (C=O) groups is 2. The van der Waals surface area contributed by atoms with E-state index in [9.17, 15) is 9.59 Å². The van der Waals surface area contributed by atoms with E-state index in [1.807, 2.05) is 0 Å². The van der Waals surface area contributed by atoms with E-state index >= 15 is 0 Å². The summed E-state index contributed by atoms with van der Waals surface area (Å²) in [5, 5.41) is 17.6. The number of hydrogen-bond donors (Lipinski definition) is 3. The summed E-state index contributed by atoms with van der Waals surface area (Å²) in [5.74, 6) is -1.18. The van der Waals surface area contributed by atoms with Crippen molar-refractivity contribution in [3.63, 3.8) is 0 Å². The minimum absolute atomic E-state index is 0. The Morgan fingerprint density at radius 3 is 2.75 bits per heavy atom. The van der Waals surface area contributed by atoms with Gasteiger partial charge < -0.3 is 15.9 Å². The summed E-state index contributed by atoms with van der Waals surface area (Å²) in [6, 6.07) is -0.621. The van der Waals surface area contributed by atoms with Crippen molar-refractivity contribution in [2.75, 3.05) is 12.4 Å². The number of nitrogens with two attached hydrogens (primary N) is 1. The van der Waals surface area contributed by atoms with Crippen LogP contribution in [-0.4, -0.2) is 50.8 Å². The monoisotopic (exact) mass is 457 g/mol. The van der Waals surface area contributed by atoms with E-state index in [1.165, 1.54) is 11.8 Å². The third kappa shape index (κ3) is 2.06. The van der Waals surface area contributed by atoms with Gasteiger partial charge in [-0.05, 0) is 5.57 Å². The topological polar surface area (TPSA) is 104 Å². The summed E-state index contributed by atoms with van der Waals surface area (Å²) >= 11 is 1.38. The zero-order valence-electron chi connectivity index (χ0n) is 8.29. The number of aliphatic hydroxyl groups excluding tert-OH is 1. The van der Waals surface area contributed by atoms with E-state index < -0.39 is 17.9 Å². The third-order valence-corrected chi connectivity index (χ3v) is 3.84. The number of carboxylic acids is 1. The van der Waals surface area contributed by atoms with Crippen molar-refractivity contribution in [2.45, 2.75) is 11.4 Å². The average Bonchev–Trinajstić information content (AvgIpc) is 2.25. The maximum absolute atomic E-state index is 11.4. The van der Waals surface area contributed by atoms with Crippen molar-refractivity contribution >= 4 is 23.6 Å². The molecule has 1 fully saturated rings. The number of carbonyl (C=O) groups excluding carboxylic acids is 1. The molecular weight excluding hydrogens is 447 g/mol. The normalized spacial score (nSPS) is 28.1. The van der Waals surface area contributed by atoms with Crippen LogP contribution in [-0.2, 0) is 9.59 Å². The Bertz CT molecular complexity index is 373. The standard InChI is InChI=1S/C8H10N2O4S.Ac/c9-4-6(12)10-5(8(13)14)3(1-11)2-15-7(4)10;/h4,7,11H,1-2,9H2,(H,13,14);. The van der Waals surface area contributed by atoms with Crippen molar-refractivity contribution in [3.05, 3.63) is 11.3 Å². The molecule has 0 saturated carbocycles. The Morgan fingerprint density at radius 2 is 2.25 bits per heavy atom. The molecule has 4 N–H and O–H groups in total. The van der Waals surface area contributed by atoms with Gasteiger partial charge in [0.05, 0.1) is 6.61 Å². The SMILES string of the molecule is NC1C(=O)N2C(C(=O)O)=C(CO)CSC12.[Ac]. The number of carboxylic acid groups (broad SMARTS) is 1. The zero-order valence-corrected chi connectivity index (χ0v) is 13.9. The van der Waals surface area contributed by atoms with Gasteiger partial charge in [-0.15, -0.1) is 11.8 Å². The van der Waals surface area contributed by atoms with E-state index in [0.29, 0.717) is 11.3 Å². The van der Waals surface area contributed by atoms with Gasteiger partial charge in [-0.25, -0.2) is 4.79 Å². The largest absolute Gasteiger partial charge is 0.477 e. The van der Waals surface area contributed by atoms with Gasteiger partial charge >= 0.3 is 5.97 Å². The van der Waals surface area contributed by atoms with E-state index in [2.05, 4.69) is 0 Å². The Kier molecular flexibility index (Phi) is 4.84. The molecule has 8 heteroatoms. The van der Waals surface area contributed by atoms with Gasteiger partial charge in [0, 0.05) is 49.8 Å². The van der Waals surface area contributed by atoms with Gasteiger partial charge in [0.25, 0.3) is 0 Å². The molecule has 2 aliphatic heterocycles. The summed E-state index contributed by atoms with van der Waals surface area (Å²) in [7, 11) is 0. The second-order valence-electron chi connectivity index (χ2n) is 3.35. The fourth-order valence-electron chi connectivity index (χ4n) is 1.70. The number of aliphatic hydroxyl groups is 1. The molecular formula is C8H10AcN2O4S. The molecule has 16 heavy (non-hydrogen) atoms. The van der Waals surface area contributed by atoms with Gasteiger partial charge in [0.15, 0.2) is 0 Å². The second kappa shape index (κ2) is 5.36. The van der Waals surface area contributed by atoms with Gasteiger partial charge in [-0.3, -0.25) is 9.69 Å². The van der Waals surface area contributed by atoms with Gasteiger partial charge in [0.1, 0.15) is 17.1 Å². The van der Waals surface area contributed by atoms with Crippen LogP contribution < -0.4 is 5.73 Å². The number of aliphatic carboxylic acids is 1. The quantitative estimate of drug-likeness (QED) is 0.439. The second-order valence-corrected chi connectivity index (χ2v) is 4.46. The number of amides is 1. The Labute approximate surface area is 132 Å². The van der Waals surface area contributed by atoms with Crippen LogP contribution in [0.5, 0.6) is 0 Å². The molecule has 2 rings (SSSR count). The molecule has 0 spiro atoms. The number of hydrogen-bond acceptors (Lipinski definition) is 5. The summed E-state index contributed by atoms with van der Waals surface area (Å²) in [6.45, 7) is -0.347. The van der Waals surface area contributed by atoms with E-state index in [0.717, 1.165) is 4.90 Å². The van der Waals surface area contributed by atoms with Gasteiger partial charge in [0.2, 0.25) is 5.91 Å². The molecule has 1 amide bonds. The first-order valence-electron chi connectivity index (χ1n) is 4.34. The van der Waals surface area contributed by atoms with E-state index in [4.69, 9.17) is 15.9 Å². The maximum atomic E-state index is 11.4. The van der Waals surface area contributed by atoms with Crippen LogP contribution in [0.1, 0.15) is 0 Å². The number of fused-ring (bicyclic) bond motifs is 1. The number of rotatable bonds is 2. The van der Waals surface area contributed by atoms with Crippen LogP contribution in [0.3, 0.4) is 0 Å². The van der Waals surface area contributed by atoms with Gasteiger partial charge in [-0.1, -0.05) is 0 Å². The molecule has 6 nitrogen and oxygen atoms in total. The number of nitrogens with zero attached hydrogens (tertiary/aromatic N) is 1. The van der Waals surface area contributed by atoms with Crippen molar-refractivity contribution in [1.29, 1.82) is 0 Å². The third-order valence-electron chi connectivity index (χ3n) is 2.48. The predicted octanol–water partition coefficient (Wildman–Crippen LogP) is -1.44. The first kappa shape index (κ1) is 14.5. The summed E-state index contributed by atoms with van der Waals surface area (Å²) in [6.07, 6.45) is 0. The van der Waals surface area contributed by atoms with Crippen LogP contribution in [0.2, 0.25) is 0 Å².